The minimum Gasteiger partial charge on any atom is -0.331 e. The Labute approximate surface area is 147 Å². The molecule has 126 valence electrons. The molecular formula is C20H20N4O. The van der Waals surface area contributed by atoms with Gasteiger partial charge in [-0.1, -0.05) is 36.4 Å². The van der Waals surface area contributed by atoms with Gasteiger partial charge in [-0.3, -0.25) is 9.97 Å². The van der Waals surface area contributed by atoms with E-state index in [9.17, 15) is 4.79 Å². The van der Waals surface area contributed by atoms with E-state index in [0.29, 0.717) is 6.42 Å². The fourth-order valence-electron chi connectivity index (χ4n) is 2.60. The maximum absolute atomic E-state index is 12.5. The zero-order valence-corrected chi connectivity index (χ0v) is 14.0. The number of hydrogen-bond acceptors (Lipinski definition) is 3. The van der Waals surface area contributed by atoms with Crippen LogP contribution in [-0.2, 0) is 6.42 Å². The van der Waals surface area contributed by atoms with Crippen molar-refractivity contribution in [3.8, 4) is 0 Å². The largest absolute Gasteiger partial charge is 0.331 e. The second-order valence-corrected chi connectivity index (χ2v) is 5.78. The van der Waals surface area contributed by atoms with Gasteiger partial charge >= 0.3 is 6.03 Å². The molecule has 0 aliphatic rings. The highest BCUT2D eigenvalue weighted by Crippen LogP contribution is 2.18. The predicted molar refractivity (Wildman–Crippen MR) is 98.3 cm³/mol. The van der Waals surface area contributed by atoms with E-state index in [1.54, 1.807) is 24.7 Å². The van der Waals surface area contributed by atoms with E-state index in [2.05, 4.69) is 20.6 Å². The third-order valence-electron chi connectivity index (χ3n) is 3.92. The molecule has 0 radical (unpaired) electrons. The zero-order valence-electron chi connectivity index (χ0n) is 14.0. The summed E-state index contributed by atoms with van der Waals surface area (Å²) < 4.78 is 0. The lowest BCUT2D eigenvalue weighted by Gasteiger charge is -2.20. The highest BCUT2D eigenvalue weighted by Gasteiger charge is 2.16. The lowest BCUT2D eigenvalue weighted by Crippen LogP contribution is -2.34. The summed E-state index contributed by atoms with van der Waals surface area (Å²) >= 11 is 0. The Hall–Kier alpha value is -3.21. The van der Waals surface area contributed by atoms with Crippen LogP contribution in [0.1, 0.15) is 22.9 Å². The van der Waals surface area contributed by atoms with E-state index in [-0.39, 0.29) is 12.1 Å². The number of aromatic nitrogens is 2. The fraction of sp³-hybridized carbons (Fsp3) is 0.150. The maximum atomic E-state index is 12.5. The SMILES string of the molecule is Cc1cnccc1NC(=O)NC(Cc1ccccn1)c1ccccc1. The van der Waals surface area contributed by atoms with Crippen LogP contribution in [0.4, 0.5) is 10.5 Å². The lowest BCUT2D eigenvalue weighted by atomic mass is 10.0. The molecule has 2 aromatic heterocycles. The molecule has 0 spiro atoms. The van der Waals surface area contributed by atoms with Crippen molar-refractivity contribution in [1.82, 2.24) is 15.3 Å². The van der Waals surface area contributed by atoms with E-state index in [0.717, 1.165) is 22.5 Å². The van der Waals surface area contributed by atoms with Gasteiger partial charge in [0.15, 0.2) is 0 Å². The molecule has 1 atom stereocenters. The van der Waals surface area contributed by atoms with Crippen molar-refractivity contribution in [3.05, 3.63) is 90.0 Å². The fourth-order valence-corrected chi connectivity index (χ4v) is 2.60. The molecule has 1 aromatic carbocycles. The van der Waals surface area contributed by atoms with Gasteiger partial charge in [-0.05, 0) is 36.2 Å². The molecule has 3 aromatic rings. The molecule has 0 fully saturated rings. The number of pyridine rings is 2. The smallest absolute Gasteiger partial charge is 0.319 e. The lowest BCUT2D eigenvalue weighted by molar-refractivity contribution is 0.248. The van der Waals surface area contributed by atoms with Gasteiger partial charge in [0.25, 0.3) is 0 Å². The monoisotopic (exact) mass is 332 g/mol. The van der Waals surface area contributed by atoms with Crippen LogP contribution in [0.3, 0.4) is 0 Å². The van der Waals surface area contributed by atoms with Crippen LogP contribution in [0.5, 0.6) is 0 Å². The molecule has 3 rings (SSSR count). The van der Waals surface area contributed by atoms with Crippen molar-refractivity contribution in [2.75, 3.05) is 5.32 Å². The highest BCUT2D eigenvalue weighted by molar-refractivity contribution is 5.90. The van der Waals surface area contributed by atoms with Crippen LogP contribution in [0.2, 0.25) is 0 Å². The van der Waals surface area contributed by atoms with Crippen LogP contribution >= 0.6 is 0 Å². The molecule has 5 heteroatoms. The number of rotatable bonds is 5. The molecule has 25 heavy (non-hydrogen) atoms. The summed E-state index contributed by atoms with van der Waals surface area (Å²) in [6.07, 6.45) is 5.76. The molecule has 0 saturated heterocycles. The summed E-state index contributed by atoms with van der Waals surface area (Å²) in [5, 5.41) is 5.93. The minimum atomic E-state index is -0.251. The molecule has 2 N–H and O–H groups in total. The number of nitrogens with zero attached hydrogens (tertiary/aromatic N) is 2. The van der Waals surface area contributed by atoms with Gasteiger partial charge in [0.1, 0.15) is 0 Å². The third-order valence-corrected chi connectivity index (χ3v) is 3.92. The van der Waals surface area contributed by atoms with Crippen molar-refractivity contribution in [1.29, 1.82) is 0 Å². The first kappa shape index (κ1) is 16.6. The van der Waals surface area contributed by atoms with Gasteiger partial charge in [0, 0.05) is 36.4 Å². The van der Waals surface area contributed by atoms with E-state index in [1.165, 1.54) is 0 Å². The number of amides is 2. The van der Waals surface area contributed by atoms with Crippen LogP contribution in [0.15, 0.2) is 73.2 Å². The first-order chi connectivity index (χ1) is 12.2. The first-order valence-corrected chi connectivity index (χ1v) is 8.15. The second kappa shape index (κ2) is 8.06. The second-order valence-electron chi connectivity index (χ2n) is 5.78. The van der Waals surface area contributed by atoms with E-state index in [4.69, 9.17) is 0 Å². The van der Waals surface area contributed by atoms with E-state index < -0.39 is 0 Å². The summed E-state index contributed by atoms with van der Waals surface area (Å²) in [4.78, 5) is 20.9. The van der Waals surface area contributed by atoms with Gasteiger partial charge in [0.2, 0.25) is 0 Å². The number of anilines is 1. The predicted octanol–water partition coefficient (Wildman–Crippen LogP) is 3.89. The number of hydrogen-bond donors (Lipinski definition) is 2. The molecule has 1 unspecified atom stereocenters. The Morgan fingerprint density at radius 3 is 2.56 bits per heavy atom. The standard InChI is InChI=1S/C20H20N4O/c1-15-14-21-12-10-18(15)23-20(25)24-19(16-7-3-2-4-8-16)13-17-9-5-6-11-22-17/h2-12,14,19H,13H2,1H3,(H2,21,23,24,25). The van der Waals surface area contributed by atoms with Crippen LogP contribution in [-0.4, -0.2) is 16.0 Å². The summed E-state index contributed by atoms with van der Waals surface area (Å²) in [6, 6.07) is 17.1. The number of nitrogens with one attached hydrogen (secondary N) is 2. The van der Waals surface area contributed by atoms with Crippen LogP contribution in [0.25, 0.3) is 0 Å². The van der Waals surface area contributed by atoms with Crippen molar-refractivity contribution in [2.24, 2.45) is 0 Å². The Balaban J connectivity index is 1.75. The quantitative estimate of drug-likeness (QED) is 0.745. The third kappa shape index (κ3) is 4.64. The maximum Gasteiger partial charge on any atom is 0.319 e. The number of carbonyl (C=O) groups is 1. The average Bonchev–Trinajstić information content (AvgIpc) is 2.65. The Morgan fingerprint density at radius 1 is 1.04 bits per heavy atom. The Morgan fingerprint density at radius 2 is 1.84 bits per heavy atom. The summed E-state index contributed by atoms with van der Waals surface area (Å²) in [7, 11) is 0. The first-order valence-electron chi connectivity index (χ1n) is 8.15. The Kier molecular flexibility index (Phi) is 5.36. The number of carbonyl (C=O) groups excluding carboxylic acids is 1. The number of aryl methyl sites for hydroxylation is 1. The van der Waals surface area contributed by atoms with Crippen molar-refractivity contribution in [2.45, 2.75) is 19.4 Å². The van der Waals surface area contributed by atoms with E-state index >= 15 is 0 Å². The average molecular weight is 332 g/mol. The molecule has 5 nitrogen and oxygen atoms in total. The molecular weight excluding hydrogens is 312 g/mol. The zero-order chi connectivity index (χ0) is 17.5. The van der Waals surface area contributed by atoms with Crippen molar-refractivity contribution >= 4 is 11.7 Å². The molecule has 0 bridgehead atoms. The van der Waals surface area contributed by atoms with Crippen LogP contribution in [0, 0.1) is 6.92 Å². The minimum absolute atomic E-state index is 0.168. The van der Waals surface area contributed by atoms with Crippen LogP contribution < -0.4 is 10.6 Å². The summed E-state index contributed by atoms with van der Waals surface area (Å²) in [5.41, 5.74) is 3.63. The van der Waals surface area contributed by atoms with Gasteiger partial charge in [-0.15, -0.1) is 0 Å². The molecule has 2 heterocycles. The molecule has 0 aliphatic carbocycles. The highest BCUT2D eigenvalue weighted by atomic mass is 16.2. The normalized spacial score (nSPS) is 11.6. The molecule has 0 aliphatic heterocycles. The molecule has 0 saturated carbocycles. The van der Waals surface area contributed by atoms with Gasteiger partial charge < -0.3 is 10.6 Å². The summed E-state index contributed by atoms with van der Waals surface area (Å²) in [5.74, 6) is 0. The van der Waals surface area contributed by atoms with Gasteiger partial charge in [0.05, 0.1) is 6.04 Å². The number of urea groups is 1. The van der Waals surface area contributed by atoms with Crippen molar-refractivity contribution < 1.29 is 4.79 Å². The number of benzene rings is 1. The van der Waals surface area contributed by atoms with Gasteiger partial charge in [-0.2, -0.15) is 0 Å². The summed E-state index contributed by atoms with van der Waals surface area (Å²) in [6.45, 7) is 1.91. The molecule has 2 amide bonds. The van der Waals surface area contributed by atoms with Gasteiger partial charge in [-0.25, -0.2) is 4.79 Å². The van der Waals surface area contributed by atoms with Crippen molar-refractivity contribution in [3.63, 3.8) is 0 Å². The van der Waals surface area contributed by atoms with E-state index in [1.807, 2.05) is 55.5 Å². The Bertz CT molecular complexity index is 821. The topological polar surface area (TPSA) is 66.9 Å².